The Morgan fingerprint density at radius 3 is 2.74 bits per heavy atom. The lowest BCUT2D eigenvalue weighted by molar-refractivity contribution is -0.124. The first-order valence-corrected chi connectivity index (χ1v) is 9.03. The Labute approximate surface area is 159 Å². The summed E-state index contributed by atoms with van der Waals surface area (Å²) in [7, 11) is 3.25. The predicted octanol–water partition coefficient (Wildman–Crippen LogP) is 2.87. The van der Waals surface area contributed by atoms with Gasteiger partial charge in [0.25, 0.3) is 5.91 Å². The number of hydrogen-bond donors (Lipinski definition) is 2. The van der Waals surface area contributed by atoms with Gasteiger partial charge >= 0.3 is 0 Å². The first kappa shape index (κ1) is 19.0. The molecule has 1 aromatic carbocycles. The van der Waals surface area contributed by atoms with E-state index >= 15 is 0 Å². The molecule has 0 radical (unpaired) electrons. The van der Waals surface area contributed by atoms with E-state index in [1.165, 1.54) is 0 Å². The Balaban J connectivity index is 1.48. The van der Waals surface area contributed by atoms with Crippen molar-refractivity contribution in [3.63, 3.8) is 0 Å². The van der Waals surface area contributed by atoms with Crippen molar-refractivity contribution in [2.75, 3.05) is 38.0 Å². The van der Waals surface area contributed by atoms with Gasteiger partial charge in [0.1, 0.15) is 11.9 Å². The van der Waals surface area contributed by atoms with Crippen molar-refractivity contribution in [2.45, 2.75) is 25.4 Å². The summed E-state index contributed by atoms with van der Waals surface area (Å²) < 4.78 is 15.9. The van der Waals surface area contributed by atoms with Crippen molar-refractivity contribution in [1.82, 2.24) is 4.98 Å². The lowest BCUT2D eigenvalue weighted by atomic mass is 10.1. The van der Waals surface area contributed by atoms with Crippen LogP contribution in [-0.2, 0) is 16.0 Å². The topological polar surface area (TPSA) is 81.7 Å². The number of anilines is 2. The van der Waals surface area contributed by atoms with Gasteiger partial charge in [-0.25, -0.2) is 4.98 Å². The third-order valence-corrected chi connectivity index (χ3v) is 4.43. The van der Waals surface area contributed by atoms with Crippen molar-refractivity contribution >= 4 is 17.4 Å². The molecule has 2 aromatic rings. The van der Waals surface area contributed by atoms with E-state index in [1.807, 2.05) is 24.3 Å². The van der Waals surface area contributed by atoms with Crippen molar-refractivity contribution in [3.05, 3.63) is 42.1 Å². The highest BCUT2D eigenvalue weighted by atomic mass is 16.5. The predicted molar refractivity (Wildman–Crippen MR) is 104 cm³/mol. The maximum Gasteiger partial charge on any atom is 0.254 e. The number of nitrogens with one attached hydrogen (secondary N) is 2. The molecular weight excluding hydrogens is 346 g/mol. The van der Waals surface area contributed by atoms with Gasteiger partial charge in [-0.15, -0.1) is 0 Å². The zero-order valence-corrected chi connectivity index (χ0v) is 15.7. The second-order valence-corrected chi connectivity index (χ2v) is 6.29. The molecule has 0 spiro atoms. The SMILES string of the molecule is COc1ccc(CCNc2ccc(NC(=O)C3CCCO3)nc2)cc1OC. The average molecular weight is 371 g/mol. The molecule has 2 N–H and O–H groups in total. The number of hydrogen-bond acceptors (Lipinski definition) is 6. The Kier molecular flexibility index (Phi) is 6.49. The van der Waals surface area contributed by atoms with E-state index in [2.05, 4.69) is 15.6 Å². The molecule has 2 heterocycles. The largest absolute Gasteiger partial charge is 0.493 e. The third kappa shape index (κ3) is 5.10. The molecular formula is C20H25N3O4. The highest BCUT2D eigenvalue weighted by Crippen LogP contribution is 2.27. The minimum Gasteiger partial charge on any atom is -0.493 e. The van der Waals surface area contributed by atoms with Gasteiger partial charge < -0.3 is 24.8 Å². The highest BCUT2D eigenvalue weighted by Gasteiger charge is 2.23. The van der Waals surface area contributed by atoms with Crippen LogP contribution in [0.15, 0.2) is 36.5 Å². The second kappa shape index (κ2) is 9.23. The molecule has 1 fully saturated rings. The number of aromatic nitrogens is 1. The van der Waals surface area contributed by atoms with Gasteiger partial charge in [-0.2, -0.15) is 0 Å². The highest BCUT2D eigenvalue weighted by molar-refractivity contribution is 5.93. The lowest BCUT2D eigenvalue weighted by Gasteiger charge is -2.11. The molecule has 1 amide bonds. The van der Waals surface area contributed by atoms with Crippen LogP contribution < -0.4 is 20.1 Å². The molecule has 7 nitrogen and oxygen atoms in total. The fourth-order valence-electron chi connectivity index (χ4n) is 2.95. The van der Waals surface area contributed by atoms with E-state index in [0.717, 1.165) is 48.6 Å². The smallest absolute Gasteiger partial charge is 0.254 e. The van der Waals surface area contributed by atoms with Gasteiger partial charge in [-0.05, 0) is 49.1 Å². The average Bonchev–Trinajstić information content (AvgIpc) is 3.24. The minimum atomic E-state index is -0.355. The zero-order valence-electron chi connectivity index (χ0n) is 15.7. The maximum atomic E-state index is 12.0. The van der Waals surface area contributed by atoms with Gasteiger partial charge in [-0.1, -0.05) is 6.07 Å². The quantitative estimate of drug-likeness (QED) is 0.743. The third-order valence-electron chi connectivity index (χ3n) is 4.43. The molecule has 1 unspecified atom stereocenters. The number of rotatable bonds is 8. The molecule has 0 bridgehead atoms. The molecule has 1 saturated heterocycles. The van der Waals surface area contributed by atoms with Crippen molar-refractivity contribution in [3.8, 4) is 11.5 Å². The Morgan fingerprint density at radius 2 is 2.07 bits per heavy atom. The number of benzene rings is 1. The zero-order chi connectivity index (χ0) is 19.1. The van der Waals surface area contributed by atoms with Crippen LogP contribution in [0.1, 0.15) is 18.4 Å². The van der Waals surface area contributed by atoms with Crippen LogP contribution in [0.25, 0.3) is 0 Å². The van der Waals surface area contributed by atoms with Gasteiger partial charge in [0.15, 0.2) is 11.5 Å². The summed E-state index contributed by atoms with van der Waals surface area (Å²) in [5.74, 6) is 1.84. The number of carbonyl (C=O) groups excluding carboxylic acids is 1. The van der Waals surface area contributed by atoms with E-state index in [0.29, 0.717) is 12.4 Å². The summed E-state index contributed by atoms with van der Waals surface area (Å²) in [6.45, 7) is 1.40. The Bertz CT molecular complexity index is 758. The second-order valence-electron chi connectivity index (χ2n) is 6.29. The van der Waals surface area contributed by atoms with Crippen molar-refractivity contribution in [2.24, 2.45) is 0 Å². The van der Waals surface area contributed by atoms with Crippen molar-refractivity contribution < 1.29 is 19.0 Å². The standard InChI is InChI=1S/C20H25N3O4/c1-25-16-7-5-14(12-18(16)26-2)9-10-21-15-6-8-19(22-13-15)23-20(24)17-4-3-11-27-17/h5-8,12-13,17,21H,3-4,9-11H2,1-2H3,(H,22,23,24). The molecule has 3 rings (SSSR count). The summed E-state index contributed by atoms with van der Waals surface area (Å²) in [6, 6.07) is 9.58. The number of carbonyl (C=O) groups is 1. The molecule has 1 aromatic heterocycles. The summed E-state index contributed by atoms with van der Waals surface area (Å²) in [6.07, 6.45) is 3.87. The molecule has 1 atom stereocenters. The molecule has 27 heavy (non-hydrogen) atoms. The van der Waals surface area contributed by atoms with Crippen molar-refractivity contribution in [1.29, 1.82) is 0 Å². The summed E-state index contributed by atoms with van der Waals surface area (Å²) in [5, 5.41) is 6.11. The summed E-state index contributed by atoms with van der Waals surface area (Å²) in [5.41, 5.74) is 2.04. The molecule has 1 aliphatic heterocycles. The van der Waals surface area contributed by atoms with Gasteiger partial charge in [0.2, 0.25) is 0 Å². The van der Waals surface area contributed by atoms with Gasteiger partial charge in [0.05, 0.1) is 26.1 Å². The minimum absolute atomic E-state index is 0.130. The maximum absolute atomic E-state index is 12.0. The Morgan fingerprint density at radius 1 is 1.22 bits per heavy atom. The van der Waals surface area contributed by atoms with Crippen LogP contribution in [-0.4, -0.2) is 44.4 Å². The lowest BCUT2D eigenvalue weighted by Crippen LogP contribution is -2.27. The van der Waals surface area contributed by atoms with Crippen LogP contribution in [0.2, 0.25) is 0 Å². The number of methoxy groups -OCH3 is 2. The molecule has 144 valence electrons. The van der Waals surface area contributed by atoms with E-state index in [-0.39, 0.29) is 12.0 Å². The monoisotopic (exact) mass is 371 g/mol. The number of amides is 1. The van der Waals surface area contributed by atoms with Crippen LogP contribution in [0, 0.1) is 0 Å². The van der Waals surface area contributed by atoms with E-state index in [9.17, 15) is 4.79 Å². The summed E-state index contributed by atoms with van der Waals surface area (Å²) >= 11 is 0. The van der Waals surface area contributed by atoms with Gasteiger partial charge in [0, 0.05) is 13.2 Å². The van der Waals surface area contributed by atoms with E-state index < -0.39 is 0 Å². The summed E-state index contributed by atoms with van der Waals surface area (Å²) in [4.78, 5) is 16.3. The number of nitrogens with zero attached hydrogens (tertiary/aromatic N) is 1. The molecule has 0 saturated carbocycles. The number of ether oxygens (including phenoxy) is 3. The molecule has 7 heteroatoms. The first-order valence-electron chi connectivity index (χ1n) is 9.03. The fourth-order valence-corrected chi connectivity index (χ4v) is 2.95. The van der Waals surface area contributed by atoms with Crippen LogP contribution in [0.3, 0.4) is 0 Å². The first-order chi connectivity index (χ1) is 13.2. The van der Waals surface area contributed by atoms with Crippen LogP contribution in [0.5, 0.6) is 11.5 Å². The Hall–Kier alpha value is -2.80. The molecule has 1 aliphatic rings. The molecule has 0 aliphatic carbocycles. The number of pyridine rings is 1. The normalized spacial score (nSPS) is 16.0. The van der Waals surface area contributed by atoms with E-state index in [1.54, 1.807) is 26.5 Å². The fraction of sp³-hybridized carbons (Fsp3) is 0.400. The van der Waals surface area contributed by atoms with Gasteiger partial charge in [-0.3, -0.25) is 4.79 Å². The van der Waals surface area contributed by atoms with Crippen LogP contribution >= 0.6 is 0 Å². The van der Waals surface area contributed by atoms with Crippen LogP contribution in [0.4, 0.5) is 11.5 Å². The van der Waals surface area contributed by atoms with E-state index in [4.69, 9.17) is 14.2 Å².